The maximum Gasteiger partial charge on any atom is 0.310 e. The summed E-state index contributed by atoms with van der Waals surface area (Å²) in [5.74, 6) is 1.35. The Kier molecular flexibility index (Phi) is 4.75. The highest BCUT2D eigenvalue weighted by atomic mass is 16.5. The van der Waals surface area contributed by atoms with E-state index in [4.69, 9.17) is 14.2 Å². The molecule has 0 spiro atoms. The van der Waals surface area contributed by atoms with Crippen molar-refractivity contribution >= 4 is 16.9 Å². The molecule has 0 saturated heterocycles. The first-order valence-electron chi connectivity index (χ1n) is 9.30. The largest absolute Gasteiger partial charge is 0.493 e. The fourth-order valence-electron chi connectivity index (χ4n) is 3.53. The zero-order valence-electron chi connectivity index (χ0n) is 15.6. The smallest absolute Gasteiger partial charge is 0.310 e. The van der Waals surface area contributed by atoms with Crippen LogP contribution < -0.4 is 9.47 Å². The molecule has 5 nitrogen and oxygen atoms in total. The van der Waals surface area contributed by atoms with Crippen LogP contribution in [0.25, 0.3) is 10.9 Å². The van der Waals surface area contributed by atoms with Gasteiger partial charge in [-0.1, -0.05) is 18.2 Å². The van der Waals surface area contributed by atoms with Gasteiger partial charge in [-0.15, -0.1) is 0 Å². The molecule has 0 bridgehead atoms. The molecule has 140 valence electrons. The number of aromatic nitrogens is 1. The first kappa shape index (κ1) is 17.5. The molecule has 2 heterocycles. The summed E-state index contributed by atoms with van der Waals surface area (Å²) in [5.41, 5.74) is 3.92. The number of nitrogens with one attached hydrogen (secondary N) is 1. The number of H-pyrrole nitrogens is 1. The van der Waals surface area contributed by atoms with E-state index in [0.717, 1.165) is 45.5 Å². The predicted octanol–water partition coefficient (Wildman–Crippen LogP) is 4.18. The average molecular weight is 365 g/mol. The van der Waals surface area contributed by atoms with E-state index < -0.39 is 0 Å². The lowest BCUT2D eigenvalue weighted by Gasteiger charge is -2.13. The van der Waals surface area contributed by atoms with Crippen LogP contribution >= 0.6 is 0 Å². The molecule has 0 aliphatic carbocycles. The van der Waals surface area contributed by atoms with Crippen LogP contribution in [-0.4, -0.2) is 23.7 Å². The summed E-state index contributed by atoms with van der Waals surface area (Å²) < 4.78 is 17.1. The highest BCUT2D eigenvalue weighted by Gasteiger charge is 2.22. The second kappa shape index (κ2) is 7.35. The third-order valence-electron chi connectivity index (χ3n) is 4.78. The average Bonchev–Trinajstić information content (AvgIpc) is 3.22. The van der Waals surface area contributed by atoms with Gasteiger partial charge in [-0.3, -0.25) is 4.79 Å². The van der Waals surface area contributed by atoms with Crippen LogP contribution in [0.15, 0.2) is 42.6 Å². The number of rotatable bonds is 6. The van der Waals surface area contributed by atoms with Gasteiger partial charge < -0.3 is 19.2 Å². The number of hydrogen-bond acceptors (Lipinski definition) is 4. The molecule has 5 heteroatoms. The van der Waals surface area contributed by atoms with Gasteiger partial charge in [0.15, 0.2) is 0 Å². The van der Waals surface area contributed by atoms with Gasteiger partial charge in [-0.2, -0.15) is 0 Å². The lowest BCUT2D eigenvalue weighted by atomic mass is 10.1. The van der Waals surface area contributed by atoms with Gasteiger partial charge in [0.05, 0.1) is 13.0 Å². The number of hydrogen-bond donors (Lipinski definition) is 1. The Hall–Kier alpha value is -2.95. The van der Waals surface area contributed by atoms with Gasteiger partial charge in [0.2, 0.25) is 0 Å². The molecule has 0 saturated carbocycles. The van der Waals surface area contributed by atoms with E-state index in [0.29, 0.717) is 6.61 Å². The van der Waals surface area contributed by atoms with Crippen LogP contribution in [-0.2, 0) is 29.0 Å². The third kappa shape index (κ3) is 3.63. The van der Waals surface area contributed by atoms with Crippen molar-refractivity contribution in [2.75, 3.05) is 6.61 Å². The Morgan fingerprint density at radius 2 is 2.11 bits per heavy atom. The predicted molar refractivity (Wildman–Crippen MR) is 103 cm³/mol. The van der Waals surface area contributed by atoms with Gasteiger partial charge in [0.1, 0.15) is 24.2 Å². The van der Waals surface area contributed by atoms with E-state index in [2.05, 4.69) is 4.98 Å². The summed E-state index contributed by atoms with van der Waals surface area (Å²) in [7, 11) is 0. The molecule has 2 aromatic carbocycles. The molecule has 1 N–H and O–H groups in total. The van der Waals surface area contributed by atoms with Crippen molar-refractivity contribution in [1.29, 1.82) is 0 Å². The molecule has 1 aliphatic rings. The maximum atomic E-state index is 12.4. The first-order chi connectivity index (χ1) is 13.1. The highest BCUT2D eigenvalue weighted by Crippen LogP contribution is 2.35. The number of esters is 1. The number of carbonyl (C=O) groups is 1. The van der Waals surface area contributed by atoms with Crippen molar-refractivity contribution < 1.29 is 19.0 Å². The number of ether oxygens (including phenoxy) is 3. The minimum atomic E-state index is -0.267. The van der Waals surface area contributed by atoms with Gasteiger partial charge >= 0.3 is 5.97 Å². The summed E-state index contributed by atoms with van der Waals surface area (Å²) in [6.07, 6.45) is 3.12. The Morgan fingerprint density at radius 3 is 2.96 bits per heavy atom. The highest BCUT2D eigenvalue weighted by molar-refractivity contribution is 5.87. The van der Waals surface area contributed by atoms with Crippen LogP contribution in [0.3, 0.4) is 0 Å². The zero-order valence-corrected chi connectivity index (χ0v) is 15.6. The van der Waals surface area contributed by atoms with Crippen LogP contribution in [0, 0.1) is 0 Å². The third-order valence-corrected chi connectivity index (χ3v) is 4.78. The fraction of sp³-hybridized carbons (Fsp3) is 0.318. The minimum Gasteiger partial charge on any atom is -0.493 e. The summed E-state index contributed by atoms with van der Waals surface area (Å²) in [5, 5.41) is 1.05. The number of aromatic amines is 1. The van der Waals surface area contributed by atoms with Crippen LogP contribution in [0.5, 0.6) is 11.5 Å². The summed E-state index contributed by atoms with van der Waals surface area (Å²) in [6, 6.07) is 11.9. The van der Waals surface area contributed by atoms with E-state index in [9.17, 15) is 4.79 Å². The lowest BCUT2D eigenvalue weighted by Crippen LogP contribution is -2.09. The topological polar surface area (TPSA) is 60.5 Å². The van der Waals surface area contributed by atoms with Crippen molar-refractivity contribution in [3.8, 4) is 11.5 Å². The summed E-state index contributed by atoms with van der Waals surface area (Å²) in [4.78, 5) is 15.6. The number of fused-ring (bicyclic) bond motifs is 2. The quantitative estimate of drug-likeness (QED) is 0.666. The van der Waals surface area contributed by atoms with E-state index in [1.165, 1.54) is 0 Å². The Morgan fingerprint density at radius 1 is 1.26 bits per heavy atom. The molecule has 1 unspecified atom stereocenters. The Labute approximate surface area is 158 Å². The minimum absolute atomic E-state index is 0.161. The van der Waals surface area contributed by atoms with Crippen molar-refractivity contribution in [1.82, 2.24) is 4.98 Å². The molecule has 1 aromatic heterocycles. The van der Waals surface area contributed by atoms with Crippen molar-refractivity contribution in [3.63, 3.8) is 0 Å². The number of benzene rings is 2. The Balaban J connectivity index is 1.46. The first-order valence-corrected chi connectivity index (χ1v) is 9.30. The van der Waals surface area contributed by atoms with Crippen LogP contribution in [0.4, 0.5) is 0 Å². The summed E-state index contributed by atoms with van der Waals surface area (Å²) in [6.45, 7) is 4.72. The summed E-state index contributed by atoms with van der Waals surface area (Å²) >= 11 is 0. The molecule has 0 fully saturated rings. The SMILES string of the molecule is CCOc1cc2c(cc1COC(=O)Cc1c[nH]c3ccccc13)OC(C)C2. The zero-order chi connectivity index (χ0) is 18.8. The van der Waals surface area contributed by atoms with Crippen molar-refractivity contribution in [2.24, 2.45) is 0 Å². The molecule has 1 atom stereocenters. The second-order valence-corrected chi connectivity index (χ2v) is 6.83. The van der Waals surface area contributed by atoms with E-state index >= 15 is 0 Å². The van der Waals surface area contributed by atoms with Crippen molar-refractivity contribution in [3.05, 3.63) is 59.3 Å². The Bertz CT molecular complexity index is 976. The molecule has 0 radical (unpaired) electrons. The normalized spacial score (nSPS) is 15.4. The van der Waals surface area contributed by atoms with Crippen molar-refractivity contribution in [2.45, 2.75) is 39.4 Å². The van der Waals surface area contributed by atoms with Gasteiger partial charge in [-0.25, -0.2) is 0 Å². The van der Waals surface area contributed by atoms with Gasteiger partial charge in [-0.05, 0) is 37.6 Å². The van der Waals surface area contributed by atoms with Gasteiger partial charge in [0.25, 0.3) is 0 Å². The number of para-hydroxylation sites is 1. The molecular weight excluding hydrogens is 342 g/mol. The lowest BCUT2D eigenvalue weighted by molar-refractivity contribution is -0.144. The van der Waals surface area contributed by atoms with E-state index in [1.807, 2.05) is 56.4 Å². The molecular formula is C22H23NO4. The fourth-order valence-corrected chi connectivity index (χ4v) is 3.53. The van der Waals surface area contributed by atoms with Crippen LogP contribution in [0.2, 0.25) is 0 Å². The standard InChI is InChI=1S/C22H23NO4/c1-3-25-20-9-15-8-14(2)27-21(15)10-17(20)13-26-22(24)11-16-12-23-19-7-5-4-6-18(16)19/h4-7,9-10,12,14,23H,3,8,11,13H2,1-2H3. The number of carbonyl (C=O) groups excluding carboxylic acids is 1. The monoisotopic (exact) mass is 365 g/mol. The van der Waals surface area contributed by atoms with Crippen LogP contribution in [0.1, 0.15) is 30.5 Å². The molecule has 1 aliphatic heterocycles. The van der Waals surface area contributed by atoms with E-state index in [1.54, 1.807) is 0 Å². The molecule has 3 aromatic rings. The van der Waals surface area contributed by atoms with Gasteiger partial charge in [0, 0.05) is 34.6 Å². The second-order valence-electron chi connectivity index (χ2n) is 6.83. The molecule has 4 rings (SSSR count). The maximum absolute atomic E-state index is 12.4. The molecule has 0 amide bonds. The molecule has 27 heavy (non-hydrogen) atoms. The van der Waals surface area contributed by atoms with E-state index in [-0.39, 0.29) is 25.1 Å².